The van der Waals surface area contributed by atoms with Crippen molar-refractivity contribution >= 4 is 28.6 Å². The van der Waals surface area contributed by atoms with Gasteiger partial charge in [0.1, 0.15) is 11.4 Å². The van der Waals surface area contributed by atoms with Crippen molar-refractivity contribution in [2.75, 3.05) is 49.1 Å². The predicted octanol–water partition coefficient (Wildman–Crippen LogP) is 3.26. The van der Waals surface area contributed by atoms with Gasteiger partial charge < -0.3 is 24.2 Å². The van der Waals surface area contributed by atoms with Gasteiger partial charge in [0, 0.05) is 56.4 Å². The van der Waals surface area contributed by atoms with Crippen LogP contribution in [0, 0.1) is 0 Å². The molecule has 0 bridgehead atoms. The van der Waals surface area contributed by atoms with Crippen molar-refractivity contribution in [3.8, 4) is 11.3 Å². The van der Waals surface area contributed by atoms with Crippen molar-refractivity contribution in [3.63, 3.8) is 0 Å². The van der Waals surface area contributed by atoms with Crippen LogP contribution in [0.2, 0.25) is 0 Å². The molecule has 8 nitrogen and oxygen atoms in total. The number of rotatable bonds is 3. The number of hydrogen-bond donors (Lipinski definition) is 1. The molecule has 0 radical (unpaired) electrons. The molecule has 31 heavy (non-hydrogen) atoms. The molecule has 2 aliphatic rings. The lowest BCUT2D eigenvalue weighted by atomic mass is 10.1. The highest BCUT2D eigenvalue weighted by atomic mass is 16.4. The number of pyridine rings is 1. The third-order valence-corrected chi connectivity index (χ3v) is 6.08. The Bertz CT molecular complexity index is 1180. The van der Waals surface area contributed by atoms with Gasteiger partial charge in [0.25, 0.3) is 0 Å². The van der Waals surface area contributed by atoms with E-state index in [9.17, 15) is 9.59 Å². The Morgan fingerprint density at radius 2 is 1.71 bits per heavy atom. The summed E-state index contributed by atoms with van der Waals surface area (Å²) in [7, 11) is 0. The van der Waals surface area contributed by atoms with E-state index in [2.05, 4.69) is 9.80 Å². The molecule has 5 rings (SSSR count). The second kappa shape index (κ2) is 7.94. The van der Waals surface area contributed by atoms with Gasteiger partial charge in [-0.15, -0.1) is 0 Å². The highest BCUT2D eigenvalue weighted by Crippen LogP contribution is 2.27. The summed E-state index contributed by atoms with van der Waals surface area (Å²) in [5.41, 5.74) is 2.10. The molecule has 2 fully saturated rings. The Balaban J connectivity index is 1.43. The summed E-state index contributed by atoms with van der Waals surface area (Å²) in [5.74, 6) is 0.894. The number of benzene rings is 1. The molecule has 1 N–H and O–H groups in total. The maximum atomic E-state index is 12.8. The fourth-order valence-corrected chi connectivity index (χ4v) is 4.33. The van der Waals surface area contributed by atoms with Crippen LogP contribution in [-0.4, -0.2) is 60.4 Å². The average molecular weight is 420 g/mol. The number of carboxylic acid groups (broad SMARTS) is 1. The number of hydrogen-bond acceptors (Lipinski definition) is 6. The third kappa shape index (κ3) is 3.81. The first-order chi connectivity index (χ1) is 15.1. The van der Waals surface area contributed by atoms with Gasteiger partial charge in [-0.3, -0.25) is 0 Å². The summed E-state index contributed by atoms with van der Waals surface area (Å²) < 4.78 is 5.66. The molecular weight excluding hydrogens is 396 g/mol. The van der Waals surface area contributed by atoms with Crippen molar-refractivity contribution < 1.29 is 14.3 Å². The minimum Gasteiger partial charge on any atom is -0.465 e. The minimum atomic E-state index is -0.890. The maximum absolute atomic E-state index is 12.8. The topological polar surface area (TPSA) is 90.1 Å². The zero-order chi connectivity index (χ0) is 21.4. The zero-order valence-corrected chi connectivity index (χ0v) is 17.2. The minimum absolute atomic E-state index is 0.411. The third-order valence-electron chi connectivity index (χ3n) is 6.08. The quantitative estimate of drug-likeness (QED) is 0.651. The van der Waals surface area contributed by atoms with Gasteiger partial charge in [-0.1, -0.05) is 6.07 Å². The second-order valence-electron chi connectivity index (χ2n) is 8.00. The number of nitrogens with zero attached hydrogens (tertiary/aromatic N) is 4. The fraction of sp³-hybridized carbons (Fsp3) is 0.348. The van der Waals surface area contributed by atoms with E-state index in [0.717, 1.165) is 42.8 Å². The van der Waals surface area contributed by atoms with Gasteiger partial charge in [0.15, 0.2) is 0 Å². The molecule has 2 aliphatic heterocycles. The fourth-order valence-electron chi connectivity index (χ4n) is 4.33. The highest BCUT2D eigenvalue weighted by molar-refractivity contribution is 5.84. The van der Waals surface area contributed by atoms with Crippen LogP contribution in [-0.2, 0) is 0 Å². The molecule has 1 aromatic carbocycles. The van der Waals surface area contributed by atoms with E-state index in [1.54, 1.807) is 0 Å². The molecule has 160 valence electrons. The van der Waals surface area contributed by atoms with Gasteiger partial charge >= 0.3 is 11.7 Å². The van der Waals surface area contributed by atoms with Gasteiger partial charge in [-0.05, 0) is 43.2 Å². The van der Waals surface area contributed by atoms with Gasteiger partial charge in [-0.2, -0.15) is 0 Å². The normalized spacial score (nSPS) is 16.8. The van der Waals surface area contributed by atoms with Gasteiger partial charge in [-0.25, -0.2) is 14.6 Å². The SMILES string of the molecule is O=C(O)N1CCN(c2ccc3cc(-c4cccc(N5CCCC5)n4)c(=O)oc3c2)CC1. The van der Waals surface area contributed by atoms with Crippen LogP contribution in [0.4, 0.5) is 16.3 Å². The molecule has 2 saturated heterocycles. The number of anilines is 2. The lowest BCUT2D eigenvalue weighted by molar-refractivity contribution is 0.142. The molecule has 8 heteroatoms. The molecule has 1 amide bonds. The standard InChI is InChI=1S/C23H24N4O4/c28-22-18(19-4-3-5-21(24-19)26-8-1-2-9-26)14-16-6-7-17(15-20(16)31-22)25-10-12-27(13-11-25)23(29)30/h3-7,14-15H,1-2,8-13H2,(H,29,30). The Labute approximate surface area is 179 Å². The summed E-state index contributed by atoms with van der Waals surface area (Å²) >= 11 is 0. The molecule has 0 aliphatic carbocycles. The van der Waals surface area contributed by atoms with Crippen molar-refractivity contribution in [2.45, 2.75) is 12.8 Å². The van der Waals surface area contributed by atoms with Crippen LogP contribution in [0.3, 0.4) is 0 Å². The second-order valence-corrected chi connectivity index (χ2v) is 8.00. The largest absolute Gasteiger partial charge is 0.465 e. The number of piperazine rings is 1. The van der Waals surface area contributed by atoms with E-state index < -0.39 is 11.7 Å². The average Bonchev–Trinajstić information content (AvgIpc) is 3.33. The van der Waals surface area contributed by atoms with E-state index >= 15 is 0 Å². The Morgan fingerprint density at radius 1 is 0.935 bits per heavy atom. The summed E-state index contributed by atoms with van der Waals surface area (Å²) in [4.78, 5) is 34.3. The molecule has 0 unspecified atom stereocenters. The van der Waals surface area contributed by atoms with E-state index in [4.69, 9.17) is 14.5 Å². The van der Waals surface area contributed by atoms with Crippen LogP contribution in [0.5, 0.6) is 0 Å². The summed E-state index contributed by atoms with van der Waals surface area (Å²) in [6.45, 7) is 4.10. The Kier molecular flexibility index (Phi) is 4.97. The number of aromatic nitrogens is 1. The lowest BCUT2D eigenvalue weighted by Gasteiger charge is -2.34. The summed E-state index contributed by atoms with van der Waals surface area (Å²) in [6, 6.07) is 13.4. The van der Waals surface area contributed by atoms with Crippen LogP contribution in [0.25, 0.3) is 22.2 Å². The van der Waals surface area contributed by atoms with E-state index in [1.807, 2.05) is 42.5 Å². The van der Waals surface area contributed by atoms with Crippen LogP contribution in [0.15, 0.2) is 51.7 Å². The van der Waals surface area contributed by atoms with Crippen molar-refractivity contribution in [2.24, 2.45) is 0 Å². The maximum Gasteiger partial charge on any atom is 0.407 e. The van der Waals surface area contributed by atoms with Crippen LogP contribution in [0.1, 0.15) is 12.8 Å². The van der Waals surface area contributed by atoms with Crippen molar-refractivity contribution in [3.05, 3.63) is 52.9 Å². The lowest BCUT2D eigenvalue weighted by Crippen LogP contribution is -2.48. The Morgan fingerprint density at radius 3 is 2.45 bits per heavy atom. The number of carbonyl (C=O) groups is 1. The van der Waals surface area contributed by atoms with Crippen LogP contribution >= 0.6 is 0 Å². The first-order valence-corrected chi connectivity index (χ1v) is 10.6. The monoisotopic (exact) mass is 420 g/mol. The highest BCUT2D eigenvalue weighted by Gasteiger charge is 2.21. The molecule has 2 aromatic heterocycles. The van der Waals surface area contributed by atoms with Crippen LogP contribution < -0.4 is 15.4 Å². The smallest absolute Gasteiger partial charge is 0.407 e. The molecule has 3 aromatic rings. The molecule has 0 spiro atoms. The summed E-state index contributed by atoms with van der Waals surface area (Å²) in [6.07, 6.45) is 1.44. The zero-order valence-electron chi connectivity index (χ0n) is 17.2. The molecule has 4 heterocycles. The van der Waals surface area contributed by atoms with Crippen molar-refractivity contribution in [1.82, 2.24) is 9.88 Å². The van der Waals surface area contributed by atoms with Crippen molar-refractivity contribution in [1.29, 1.82) is 0 Å². The first-order valence-electron chi connectivity index (χ1n) is 10.6. The van der Waals surface area contributed by atoms with Gasteiger partial charge in [0.2, 0.25) is 0 Å². The summed E-state index contributed by atoms with van der Waals surface area (Å²) in [5, 5.41) is 9.95. The van der Waals surface area contributed by atoms with E-state index in [-0.39, 0.29) is 0 Å². The predicted molar refractivity (Wildman–Crippen MR) is 119 cm³/mol. The van der Waals surface area contributed by atoms with E-state index in [0.29, 0.717) is 43.0 Å². The Hall–Kier alpha value is -3.55. The van der Waals surface area contributed by atoms with E-state index in [1.165, 1.54) is 4.90 Å². The number of fused-ring (bicyclic) bond motifs is 1. The van der Waals surface area contributed by atoms with Gasteiger partial charge in [0.05, 0.1) is 11.3 Å². The number of amides is 1. The molecule has 0 atom stereocenters. The molecule has 0 saturated carbocycles. The first kappa shape index (κ1) is 19.4. The molecular formula is C23H24N4O4.